The largest absolute Gasteiger partial charge is 0.324 e. The van der Waals surface area contributed by atoms with E-state index >= 15 is 0 Å². The van der Waals surface area contributed by atoms with Gasteiger partial charge in [-0.2, -0.15) is 0 Å². The Bertz CT molecular complexity index is 540. The minimum Gasteiger partial charge on any atom is -0.324 e. The number of aromatic nitrogens is 1. The van der Waals surface area contributed by atoms with Crippen LogP contribution in [-0.4, -0.2) is 4.98 Å². The lowest BCUT2D eigenvalue weighted by molar-refractivity contribution is 0.622. The van der Waals surface area contributed by atoms with Gasteiger partial charge in [-0.3, -0.25) is 4.98 Å². The van der Waals surface area contributed by atoms with Crippen molar-refractivity contribution in [2.75, 3.05) is 0 Å². The molecule has 1 aromatic heterocycles. The summed E-state index contributed by atoms with van der Waals surface area (Å²) in [5.74, 6) is -0.231. The molecule has 0 amide bonds. The molecule has 4 heteroatoms. The summed E-state index contributed by atoms with van der Waals surface area (Å²) in [7, 11) is 0. The van der Waals surface area contributed by atoms with Crippen molar-refractivity contribution in [3.05, 3.63) is 63.6 Å². The first kappa shape index (κ1) is 13.2. The van der Waals surface area contributed by atoms with Gasteiger partial charge in [0.25, 0.3) is 0 Å². The minimum atomic E-state index is -0.231. The van der Waals surface area contributed by atoms with Crippen LogP contribution in [0.5, 0.6) is 0 Å². The molecule has 0 saturated carbocycles. The number of benzene rings is 1. The third kappa shape index (κ3) is 3.15. The highest BCUT2D eigenvalue weighted by Gasteiger charge is 2.11. The molecule has 1 heterocycles. The van der Waals surface area contributed by atoms with Gasteiger partial charge in [-0.25, -0.2) is 4.39 Å². The third-order valence-electron chi connectivity index (χ3n) is 2.85. The van der Waals surface area contributed by atoms with Crippen LogP contribution in [0, 0.1) is 12.7 Å². The highest BCUT2D eigenvalue weighted by molar-refractivity contribution is 9.10. The maximum atomic E-state index is 13.0. The zero-order valence-corrected chi connectivity index (χ0v) is 11.6. The fourth-order valence-electron chi connectivity index (χ4n) is 1.92. The molecule has 2 nitrogen and oxygen atoms in total. The summed E-state index contributed by atoms with van der Waals surface area (Å²) in [4.78, 5) is 4.29. The topological polar surface area (TPSA) is 38.9 Å². The fraction of sp³-hybridized carbons (Fsp3) is 0.214. The molecular weight excluding hydrogens is 295 g/mol. The summed E-state index contributed by atoms with van der Waals surface area (Å²) in [6, 6.07) is 8.39. The summed E-state index contributed by atoms with van der Waals surface area (Å²) >= 11 is 3.34. The van der Waals surface area contributed by atoms with Gasteiger partial charge in [-0.1, -0.05) is 6.07 Å². The number of nitrogens with two attached hydrogens (primary N) is 1. The van der Waals surface area contributed by atoms with Crippen LogP contribution in [0.3, 0.4) is 0 Å². The maximum absolute atomic E-state index is 13.0. The van der Waals surface area contributed by atoms with Crippen LogP contribution in [0.15, 0.2) is 41.0 Å². The second kappa shape index (κ2) is 5.59. The van der Waals surface area contributed by atoms with E-state index < -0.39 is 0 Å². The number of nitrogens with zero attached hydrogens (tertiary/aromatic N) is 1. The minimum absolute atomic E-state index is 0.167. The van der Waals surface area contributed by atoms with Gasteiger partial charge in [-0.15, -0.1) is 0 Å². The molecular formula is C14H14BrFN2. The molecule has 0 radical (unpaired) electrons. The highest BCUT2D eigenvalue weighted by Crippen LogP contribution is 2.20. The lowest BCUT2D eigenvalue weighted by Gasteiger charge is -2.14. The molecule has 0 aliphatic rings. The van der Waals surface area contributed by atoms with E-state index in [1.54, 1.807) is 12.3 Å². The summed E-state index contributed by atoms with van der Waals surface area (Å²) in [6.07, 6.45) is 2.39. The average molecular weight is 309 g/mol. The van der Waals surface area contributed by atoms with Crippen molar-refractivity contribution in [2.24, 2.45) is 5.73 Å². The normalized spacial score (nSPS) is 12.4. The number of aryl methyl sites for hydroxylation is 1. The molecule has 94 valence electrons. The van der Waals surface area contributed by atoms with Crippen LogP contribution in [0.2, 0.25) is 0 Å². The van der Waals surface area contributed by atoms with Crippen molar-refractivity contribution < 1.29 is 4.39 Å². The lowest BCUT2D eigenvalue weighted by atomic mass is 9.98. The SMILES string of the molecule is Cc1cc(F)ccc1C(N)Cc1ccc(Br)cn1. The molecule has 0 saturated heterocycles. The zero-order chi connectivity index (χ0) is 13.1. The monoisotopic (exact) mass is 308 g/mol. The molecule has 2 rings (SSSR count). The van der Waals surface area contributed by atoms with Crippen molar-refractivity contribution in [2.45, 2.75) is 19.4 Å². The van der Waals surface area contributed by atoms with E-state index in [4.69, 9.17) is 5.73 Å². The van der Waals surface area contributed by atoms with E-state index in [-0.39, 0.29) is 11.9 Å². The Morgan fingerprint density at radius 1 is 1.33 bits per heavy atom. The van der Waals surface area contributed by atoms with Crippen LogP contribution in [-0.2, 0) is 6.42 Å². The van der Waals surface area contributed by atoms with Crippen molar-refractivity contribution >= 4 is 15.9 Å². The van der Waals surface area contributed by atoms with Gasteiger partial charge in [-0.05, 0) is 58.2 Å². The lowest BCUT2D eigenvalue weighted by Crippen LogP contribution is -2.15. The predicted octanol–water partition coefficient (Wildman–Crippen LogP) is 3.53. The van der Waals surface area contributed by atoms with Crippen LogP contribution in [0.25, 0.3) is 0 Å². The second-order valence-electron chi connectivity index (χ2n) is 4.28. The first-order valence-electron chi connectivity index (χ1n) is 5.68. The molecule has 0 aliphatic heterocycles. The molecule has 2 N–H and O–H groups in total. The second-order valence-corrected chi connectivity index (χ2v) is 5.19. The quantitative estimate of drug-likeness (QED) is 0.942. The van der Waals surface area contributed by atoms with Crippen LogP contribution in [0.1, 0.15) is 22.9 Å². The highest BCUT2D eigenvalue weighted by atomic mass is 79.9. The first-order valence-corrected chi connectivity index (χ1v) is 6.47. The van der Waals surface area contributed by atoms with Gasteiger partial charge in [0.1, 0.15) is 5.82 Å². The molecule has 1 atom stereocenters. The van der Waals surface area contributed by atoms with E-state index in [0.717, 1.165) is 21.3 Å². The Morgan fingerprint density at radius 3 is 2.72 bits per heavy atom. The Kier molecular flexibility index (Phi) is 4.09. The predicted molar refractivity (Wildman–Crippen MR) is 73.7 cm³/mol. The molecule has 0 bridgehead atoms. The molecule has 1 aromatic carbocycles. The Morgan fingerprint density at radius 2 is 2.11 bits per heavy atom. The molecule has 0 fully saturated rings. The average Bonchev–Trinajstić information content (AvgIpc) is 2.32. The van der Waals surface area contributed by atoms with Crippen molar-refractivity contribution in [3.63, 3.8) is 0 Å². The van der Waals surface area contributed by atoms with E-state index in [1.165, 1.54) is 12.1 Å². The number of hydrogen-bond acceptors (Lipinski definition) is 2. The summed E-state index contributed by atoms with van der Waals surface area (Å²) < 4.78 is 14.0. The first-order chi connectivity index (χ1) is 8.56. The Balaban J connectivity index is 2.16. The van der Waals surface area contributed by atoms with Gasteiger partial charge < -0.3 is 5.73 Å². The van der Waals surface area contributed by atoms with Crippen LogP contribution < -0.4 is 5.73 Å². The molecule has 1 unspecified atom stereocenters. The fourth-order valence-corrected chi connectivity index (χ4v) is 2.15. The van der Waals surface area contributed by atoms with E-state index in [9.17, 15) is 4.39 Å². The summed E-state index contributed by atoms with van der Waals surface area (Å²) in [5.41, 5.74) is 8.90. The van der Waals surface area contributed by atoms with Crippen molar-refractivity contribution in [3.8, 4) is 0 Å². The molecule has 0 aliphatic carbocycles. The molecule has 2 aromatic rings. The standard InChI is InChI=1S/C14H14BrFN2/c1-9-6-11(16)3-5-13(9)14(17)7-12-4-2-10(15)8-18-12/h2-6,8,14H,7,17H2,1H3. The van der Waals surface area contributed by atoms with Crippen LogP contribution >= 0.6 is 15.9 Å². The van der Waals surface area contributed by atoms with Gasteiger partial charge in [0.15, 0.2) is 0 Å². The molecule has 0 spiro atoms. The summed E-state index contributed by atoms with van der Waals surface area (Å²) in [5, 5.41) is 0. The Hall–Kier alpha value is -1.26. The molecule has 18 heavy (non-hydrogen) atoms. The number of rotatable bonds is 3. The smallest absolute Gasteiger partial charge is 0.123 e. The van der Waals surface area contributed by atoms with E-state index in [1.807, 2.05) is 19.1 Å². The van der Waals surface area contributed by atoms with Gasteiger partial charge in [0.2, 0.25) is 0 Å². The number of halogens is 2. The van der Waals surface area contributed by atoms with Crippen molar-refractivity contribution in [1.82, 2.24) is 4.98 Å². The van der Waals surface area contributed by atoms with Gasteiger partial charge >= 0.3 is 0 Å². The van der Waals surface area contributed by atoms with Gasteiger partial charge in [0, 0.05) is 28.8 Å². The van der Waals surface area contributed by atoms with Crippen LogP contribution in [0.4, 0.5) is 4.39 Å². The van der Waals surface area contributed by atoms with Crippen molar-refractivity contribution in [1.29, 1.82) is 0 Å². The summed E-state index contributed by atoms with van der Waals surface area (Å²) in [6.45, 7) is 1.87. The number of hydrogen-bond donors (Lipinski definition) is 1. The van der Waals surface area contributed by atoms with E-state index in [2.05, 4.69) is 20.9 Å². The third-order valence-corrected chi connectivity index (χ3v) is 3.32. The Labute approximate surface area is 114 Å². The number of pyridine rings is 1. The maximum Gasteiger partial charge on any atom is 0.123 e. The van der Waals surface area contributed by atoms with E-state index in [0.29, 0.717) is 6.42 Å². The zero-order valence-electron chi connectivity index (χ0n) is 10.0. The van der Waals surface area contributed by atoms with Gasteiger partial charge in [0.05, 0.1) is 0 Å².